The molecule has 1 heterocycles. The van der Waals surface area contributed by atoms with Crippen molar-refractivity contribution in [3.63, 3.8) is 0 Å². The van der Waals surface area contributed by atoms with Crippen molar-refractivity contribution in [1.82, 2.24) is 0 Å². The van der Waals surface area contributed by atoms with Gasteiger partial charge in [0, 0.05) is 0 Å². The molecule has 0 saturated carbocycles. The topological polar surface area (TPSA) is 64.6 Å². The Morgan fingerprint density at radius 2 is 0.286 bits per heavy atom. The van der Waals surface area contributed by atoms with E-state index in [4.69, 9.17) is 28.8 Å². The van der Waals surface area contributed by atoms with Crippen LogP contribution in [0.25, 0.3) is 0 Å². The molecular formula is C14H42O7Si7. The molecular weight excluding hydrogens is 477 g/mol. The molecule has 1 aliphatic heterocycles. The Bertz CT molecular complexity index is 399. The second-order valence-corrected chi connectivity index (χ2v) is 35.8. The summed E-state index contributed by atoms with van der Waals surface area (Å²) in [5.41, 5.74) is 0. The van der Waals surface area contributed by atoms with Crippen LogP contribution in [0.3, 0.4) is 0 Å². The maximum atomic E-state index is 6.52. The number of hydrogen-bond acceptors (Lipinski definition) is 7. The molecule has 0 aliphatic carbocycles. The highest BCUT2D eigenvalue weighted by atomic mass is 28.5. The molecule has 0 radical (unpaired) electrons. The van der Waals surface area contributed by atoms with Gasteiger partial charge in [-0.3, -0.25) is 0 Å². The third-order valence-corrected chi connectivity index (χ3v) is 31.0. The summed E-state index contributed by atoms with van der Waals surface area (Å²) in [6.45, 7) is 29.0. The third kappa shape index (κ3) is 10.0. The molecule has 1 aliphatic rings. The Kier molecular flexibility index (Phi) is 8.09. The minimum atomic E-state index is -2.46. The lowest BCUT2D eigenvalue weighted by Crippen LogP contribution is -2.64. The van der Waals surface area contributed by atoms with Crippen LogP contribution < -0.4 is 0 Å². The van der Waals surface area contributed by atoms with Crippen LogP contribution in [0.1, 0.15) is 0 Å². The molecule has 7 nitrogen and oxygen atoms in total. The standard InChI is InChI=1S/C14H42O7Si7/c1-22(2)15-23(3,4)17-25(7,8)19-27(11,12)21-28(13,14)20-26(9,10)18-24(5,6)16-22/h1-14H3. The number of rotatable bonds is 0. The average molecular weight is 519 g/mol. The minimum Gasteiger partial charge on any atom is -0.416 e. The van der Waals surface area contributed by atoms with E-state index in [0.29, 0.717) is 0 Å². The largest absolute Gasteiger partial charge is 0.416 e. The Balaban J connectivity index is 3.34. The van der Waals surface area contributed by atoms with Crippen LogP contribution in [-0.4, -0.2) is 59.9 Å². The van der Waals surface area contributed by atoms with Gasteiger partial charge in [-0.25, -0.2) is 0 Å². The quantitative estimate of drug-likeness (QED) is 0.417. The highest BCUT2D eigenvalue weighted by Gasteiger charge is 2.51. The molecule has 0 bridgehead atoms. The Morgan fingerprint density at radius 1 is 0.214 bits per heavy atom. The van der Waals surface area contributed by atoms with E-state index < -0.39 is 59.9 Å². The van der Waals surface area contributed by atoms with Gasteiger partial charge in [-0.1, -0.05) is 0 Å². The van der Waals surface area contributed by atoms with E-state index in [2.05, 4.69) is 91.7 Å². The molecule has 14 heteroatoms. The second kappa shape index (κ2) is 8.30. The summed E-state index contributed by atoms with van der Waals surface area (Å²) in [4.78, 5) is 0. The lowest BCUT2D eigenvalue weighted by atomic mass is 11.9. The maximum absolute atomic E-state index is 6.52. The number of hydrogen-bond donors (Lipinski definition) is 0. The molecule has 1 rings (SSSR count). The van der Waals surface area contributed by atoms with Gasteiger partial charge < -0.3 is 28.8 Å². The molecule has 0 unspecified atom stereocenters. The summed E-state index contributed by atoms with van der Waals surface area (Å²) >= 11 is 0. The smallest absolute Gasteiger partial charge is 0.314 e. The van der Waals surface area contributed by atoms with Crippen LogP contribution in [0.15, 0.2) is 0 Å². The van der Waals surface area contributed by atoms with Crippen molar-refractivity contribution >= 4 is 59.9 Å². The van der Waals surface area contributed by atoms with Crippen molar-refractivity contribution in [2.45, 2.75) is 91.7 Å². The first kappa shape index (κ1) is 27.3. The predicted molar refractivity (Wildman–Crippen MR) is 130 cm³/mol. The van der Waals surface area contributed by atoms with Crippen LogP contribution in [-0.2, 0) is 28.8 Å². The van der Waals surface area contributed by atoms with Gasteiger partial charge >= 0.3 is 59.9 Å². The normalized spacial score (nSPS) is 31.5. The second-order valence-electron chi connectivity index (χ2n) is 10.5. The van der Waals surface area contributed by atoms with E-state index in [1.54, 1.807) is 0 Å². The third-order valence-electron chi connectivity index (χ3n) is 3.44. The highest BCUT2D eigenvalue weighted by molar-refractivity contribution is 6.93. The SMILES string of the molecule is C[Si]1(C)O[Si](C)(C)O[Si](C)(C)O[Si](C)(C)O[Si](C)(C)O[Si](C)(C)O[Si](C)(C)O1. The molecule has 28 heavy (non-hydrogen) atoms. The summed E-state index contributed by atoms with van der Waals surface area (Å²) in [5.74, 6) is 0. The molecule has 168 valence electrons. The van der Waals surface area contributed by atoms with Crippen molar-refractivity contribution in [2.24, 2.45) is 0 Å². The van der Waals surface area contributed by atoms with E-state index in [1.165, 1.54) is 0 Å². The summed E-state index contributed by atoms with van der Waals surface area (Å²) in [7, 11) is -17.3. The first-order valence-electron chi connectivity index (χ1n) is 9.86. The van der Waals surface area contributed by atoms with Gasteiger partial charge in [0.15, 0.2) is 0 Å². The molecule has 0 amide bonds. The van der Waals surface area contributed by atoms with E-state index in [9.17, 15) is 0 Å². The molecule has 0 atom stereocenters. The van der Waals surface area contributed by atoms with Gasteiger partial charge in [0.05, 0.1) is 0 Å². The minimum absolute atomic E-state index is 2.07. The van der Waals surface area contributed by atoms with E-state index in [1.807, 2.05) is 0 Å². The van der Waals surface area contributed by atoms with Gasteiger partial charge in [-0.05, 0) is 91.7 Å². The van der Waals surface area contributed by atoms with Crippen molar-refractivity contribution in [2.75, 3.05) is 0 Å². The van der Waals surface area contributed by atoms with Crippen LogP contribution in [0.2, 0.25) is 91.7 Å². The van der Waals surface area contributed by atoms with Crippen molar-refractivity contribution in [3.8, 4) is 0 Å². The average Bonchev–Trinajstić information content (AvgIpc) is 2.10. The molecule has 0 aromatic heterocycles. The lowest BCUT2D eigenvalue weighted by molar-refractivity contribution is 0.240. The van der Waals surface area contributed by atoms with Gasteiger partial charge in [-0.15, -0.1) is 0 Å². The summed E-state index contributed by atoms with van der Waals surface area (Å²) in [6.07, 6.45) is 0. The zero-order chi connectivity index (χ0) is 22.4. The van der Waals surface area contributed by atoms with Gasteiger partial charge in [0.1, 0.15) is 0 Å². The summed E-state index contributed by atoms with van der Waals surface area (Å²) in [5, 5.41) is 0. The van der Waals surface area contributed by atoms with Crippen LogP contribution in [0.5, 0.6) is 0 Å². The van der Waals surface area contributed by atoms with Crippen LogP contribution in [0, 0.1) is 0 Å². The first-order chi connectivity index (χ1) is 11.9. The Hall–Kier alpha value is 1.24. The molecule has 0 N–H and O–H groups in total. The van der Waals surface area contributed by atoms with Crippen LogP contribution in [0.4, 0.5) is 0 Å². The van der Waals surface area contributed by atoms with E-state index >= 15 is 0 Å². The molecule has 0 aromatic rings. The fraction of sp³-hybridized carbons (Fsp3) is 1.00. The van der Waals surface area contributed by atoms with Gasteiger partial charge in [0.25, 0.3) is 0 Å². The Morgan fingerprint density at radius 3 is 0.357 bits per heavy atom. The molecule has 1 fully saturated rings. The highest BCUT2D eigenvalue weighted by Crippen LogP contribution is 2.31. The Labute approximate surface area is 180 Å². The first-order valence-corrected chi connectivity index (χ1v) is 29.6. The molecule has 0 spiro atoms. The summed E-state index contributed by atoms with van der Waals surface area (Å²) in [6, 6.07) is 0. The lowest BCUT2D eigenvalue weighted by Gasteiger charge is -2.46. The fourth-order valence-electron chi connectivity index (χ4n) is 4.29. The van der Waals surface area contributed by atoms with Crippen molar-refractivity contribution < 1.29 is 28.8 Å². The van der Waals surface area contributed by atoms with E-state index in [-0.39, 0.29) is 0 Å². The predicted octanol–water partition coefficient (Wildman–Crippen LogP) is 5.03. The van der Waals surface area contributed by atoms with Crippen molar-refractivity contribution in [3.05, 3.63) is 0 Å². The fourth-order valence-corrected chi connectivity index (χ4v) is 41.2. The van der Waals surface area contributed by atoms with Gasteiger partial charge in [0.2, 0.25) is 0 Å². The maximum Gasteiger partial charge on any atom is 0.314 e. The van der Waals surface area contributed by atoms with E-state index in [0.717, 1.165) is 0 Å². The van der Waals surface area contributed by atoms with Crippen molar-refractivity contribution in [1.29, 1.82) is 0 Å². The monoisotopic (exact) mass is 518 g/mol. The van der Waals surface area contributed by atoms with Gasteiger partial charge in [-0.2, -0.15) is 0 Å². The molecule has 0 aromatic carbocycles. The summed E-state index contributed by atoms with van der Waals surface area (Å²) < 4.78 is 45.6. The zero-order valence-electron chi connectivity index (χ0n) is 20.4. The molecule has 1 saturated heterocycles. The van der Waals surface area contributed by atoms with Crippen LogP contribution >= 0.6 is 0 Å². The zero-order valence-corrected chi connectivity index (χ0v) is 27.4.